The minimum Gasteiger partial charge on any atom is -0.0616 e. The molecule has 0 amide bonds. The van der Waals surface area contributed by atoms with Crippen molar-refractivity contribution in [2.45, 2.75) is 43.9 Å². The van der Waals surface area contributed by atoms with Crippen LogP contribution < -0.4 is 0 Å². The summed E-state index contributed by atoms with van der Waals surface area (Å²) in [6.45, 7) is 0. The van der Waals surface area contributed by atoms with Gasteiger partial charge >= 0.3 is 0 Å². The lowest BCUT2D eigenvalue weighted by atomic mass is 9.48. The predicted octanol–water partition coefficient (Wildman–Crippen LogP) is 8.89. The zero-order chi connectivity index (χ0) is 20.6. The van der Waals surface area contributed by atoms with Crippen LogP contribution in [0.5, 0.6) is 0 Å². The maximum atomic E-state index is 3.92. The van der Waals surface area contributed by atoms with Gasteiger partial charge in [-0.1, -0.05) is 70.5 Å². The molecule has 0 atom stereocenters. The summed E-state index contributed by atoms with van der Waals surface area (Å²) in [5, 5.41) is 5.37. The number of benzene rings is 4. The summed E-state index contributed by atoms with van der Waals surface area (Å²) >= 11 is 3.92. The Hall–Kier alpha value is -2.12. The number of rotatable bonds is 2. The molecule has 0 heterocycles. The Balaban J connectivity index is 1.47. The second-order valence-electron chi connectivity index (χ2n) is 10.6. The Morgan fingerprint density at radius 3 is 1.77 bits per heavy atom. The third kappa shape index (κ3) is 2.85. The van der Waals surface area contributed by atoms with E-state index in [1.807, 2.05) is 0 Å². The van der Waals surface area contributed by atoms with E-state index in [9.17, 15) is 0 Å². The van der Waals surface area contributed by atoms with Crippen molar-refractivity contribution in [1.82, 2.24) is 0 Å². The summed E-state index contributed by atoms with van der Waals surface area (Å²) < 4.78 is 1.23. The standard InChI is InChI=1S/C30H27Br/c31-26-14-24(13-25(15-26)30-16-19-9-20(17-30)11-21(10-19)18-30)29-27-7-3-1-5-22(27)12-23-6-2-4-8-28(23)29/h1-8,12-15,19-21H,9-11,16-18H2. The molecule has 0 aliphatic heterocycles. The normalized spacial score (nSPS) is 29.1. The van der Waals surface area contributed by atoms with Gasteiger partial charge in [-0.2, -0.15) is 0 Å². The van der Waals surface area contributed by atoms with Gasteiger partial charge in [0.1, 0.15) is 0 Å². The highest BCUT2D eigenvalue weighted by molar-refractivity contribution is 9.10. The lowest BCUT2D eigenvalue weighted by molar-refractivity contribution is -0.00519. The molecule has 31 heavy (non-hydrogen) atoms. The van der Waals surface area contributed by atoms with Gasteiger partial charge in [0.25, 0.3) is 0 Å². The van der Waals surface area contributed by atoms with Gasteiger partial charge in [-0.3, -0.25) is 0 Å². The molecule has 4 bridgehead atoms. The van der Waals surface area contributed by atoms with Crippen molar-refractivity contribution in [2.24, 2.45) is 17.8 Å². The summed E-state index contributed by atoms with van der Waals surface area (Å²) in [6, 6.07) is 27.5. The average molecular weight is 467 g/mol. The molecule has 4 aromatic carbocycles. The van der Waals surface area contributed by atoms with Crippen molar-refractivity contribution in [3.63, 3.8) is 0 Å². The van der Waals surface area contributed by atoms with Crippen LogP contribution in [-0.4, -0.2) is 0 Å². The largest absolute Gasteiger partial charge is 0.0616 e. The van der Waals surface area contributed by atoms with E-state index in [0.717, 1.165) is 17.8 Å². The van der Waals surface area contributed by atoms with Crippen LogP contribution in [0.4, 0.5) is 0 Å². The number of hydrogen-bond acceptors (Lipinski definition) is 0. The monoisotopic (exact) mass is 466 g/mol. The van der Waals surface area contributed by atoms with E-state index in [0.29, 0.717) is 5.41 Å². The molecule has 4 saturated carbocycles. The molecular weight excluding hydrogens is 440 g/mol. The fourth-order valence-corrected chi connectivity index (χ4v) is 8.32. The topological polar surface area (TPSA) is 0 Å². The van der Waals surface area contributed by atoms with Crippen LogP contribution in [0, 0.1) is 17.8 Å². The van der Waals surface area contributed by atoms with Gasteiger partial charge in [-0.15, -0.1) is 0 Å². The Morgan fingerprint density at radius 1 is 0.645 bits per heavy atom. The molecule has 4 aliphatic rings. The highest BCUT2D eigenvalue weighted by atomic mass is 79.9. The number of hydrogen-bond donors (Lipinski definition) is 0. The zero-order valence-electron chi connectivity index (χ0n) is 17.8. The Bertz CT molecular complexity index is 1240. The van der Waals surface area contributed by atoms with E-state index in [4.69, 9.17) is 0 Å². The third-order valence-electron chi connectivity index (χ3n) is 8.61. The summed E-state index contributed by atoms with van der Waals surface area (Å²) in [5.74, 6) is 2.89. The first-order valence-corrected chi connectivity index (χ1v) is 12.7. The first kappa shape index (κ1) is 18.5. The first-order chi connectivity index (χ1) is 15.2. The molecular formula is C30H27Br. The van der Waals surface area contributed by atoms with Crippen molar-refractivity contribution < 1.29 is 0 Å². The summed E-state index contributed by atoms with van der Waals surface area (Å²) in [4.78, 5) is 0. The Morgan fingerprint density at radius 2 is 1.19 bits per heavy atom. The Kier molecular flexibility index (Phi) is 3.98. The number of fused-ring (bicyclic) bond motifs is 2. The molecule has 0 nitrogen and oxygen atoms in total. The maximum absolute atomic E-state index is 3.92. The molecule has 4 aromatic rings. The highest BCUT2D eigenvalue weighted by Gasteiger charge is 2.51. The van der Waals surface area contributed by atoms with E-state index >= 15 is 0 Å². The summed E-state index contributed by atoms with van der Waals surface area (Å²) in [6.07, 6.45) is 8.71. The zero-order valence-corrected chi connectivity index (χ0v) is 19.4. The van der Waals surface area contributed by atoms with Crippen LogP contribution in [0.1, 0.15) is 44.1 Å². The molecule has 1 heteroatoms. The van der Waals surface area contributed by atoms with E-state index in [1.165, 1.54) is 75.7 Å². The van der Waals surface area contributed by atoms with Gasteiger partial charge in [0.15, 0.2) is 0 Å². The van der Waals surface area contributed by atoms with Crippen molar-refractivity contribution in [3.05, 3.63) is 82.8 Å². The van der Waals surface area contributed by atoms with Gasteiger partial charge in [-0.05, 0) is 118 Å². The highest BCUT2D eigenvalue weighted by Crippen LogP contribution is 2.61. The van der Waals surface area contributed by atoms with E-state index in [1.54, 1.807) is 5.56 Å². The minimum atomic E-state index is 0.410. The molecule has 4 fully saturated rings. The molecule has 0 radical (unpaired) electrons. The first-order valence-electron chi connectivity index (χ1n) is 11.9. The smallest absolute Gasteiger partial charge is 0.0184 e. The van der Waals surface area contributed by atoms with Gasteiger partial charge in [-0.25, -0.2) is 0 Å². The SMILES string of the molecule is Brc1cc(-c2c3ccccc3cc3ccccc23)cc(C23CC4CC(CC(C4)C2)C3)c1. The fraction of sp³-hybridized carbons (Fsp3) is 0.333. The minimum absolute atomic E-state index is 0.410. The molecule has 0 saturated heterocycles. The van der Waals surface area contributed by atoms with E-state index in [2.05, 4.69) is 88.7 Å². The molecule has 4 aliphatic carbocycles. The summed E-state index contributed by atoms with van der Waals surface area (Å²) in [7, 11) is 0. The van der Waals surface area contributed by atoms with Crippen LogP contribution >= 0.6 is 15.9 Å². The molecule has 0 N–H and O–H groups in total. The second-order valence-corrected chi connectivity index (χ2v) is 11.5. The second kappa shape index (κ2) is 6.69. The molecule has 8 rings (SSSR count). The number of halogens is 1. The van der Waals surface area contributed by atoms with Crippen LogP contribution in [0.25, 0.3) is 32.7 Å². The van der Waals surface area contributed by atoms with Crippen molar-refractivity contribution in [1.29, 1.82) is 0 Å². The van der Waals surface area contributed by atoms with Crippen LogP contribution in [-0.2, 0) is 5.41 Å². The third-order valence-corrected chi connectivity index (χ3v) is 9.07. The van der Waals surface area contributed by atoms with Crippen LogP contribution in [0.15, 0.2) is 77.3 Å². The van der Waals surface area contributed by atoms with Crippen molar-refractivity contribution in [3.8, 4) is 11.1 Å². The molecule has 0 spiro atoms. The Labute approximate surface area is 192 Å². The fourth-order valence-electron chi connectivity index (χ4n) is 7.83. The predicted molar refractivity (Wildman–Crippen MR) is 134 cm³/mol. The van der Waals surface area contributed by atoms with Crippen LogP contribution in [0.3, 0.4) is 0 Å². The quantitative estimate of drug-likeness (QED) is 0.258. The summed E-state index contributed by atoms with van der Waals surface area (Å²) in [5.41, 5.74) is 4.76. The van der Waals surface area contributed by atoms with Gasteiger partial charge in [0.05, 0.1) is 0 Å². The van der Waals surface area contributed by atoms with E-state index in [-0.39, 0.29) is 0 Å². The molecule has 0 aromatic heterocycles. The lowest BCUT2D eigenvalue weighted by Crippen LogP contribution is -2.48. The van der Waals surface area contributed by atoms with Gasteiger partial charge < -0.3 is 0 Å². The van der Waals surface area contributed by atoms with Gasteiger partial charge in [0.2, 0.25) is 0 Å². The molecule has 0 unspecified atom stereocenters. The van der Waals surface area contributed by atoms with Crippen molar-refractivity contribution in [2.75, 3.05) is 0 Å². The van der Waals surface area contributed by atoms with Crippen LogP contribution in [0.2, 0.25) is 0 Å². The van der Waals surface area contributed by atoms with Crippen molar-refractivity contribution >= 4 is 37.5 Å². The average Bonchev–Trinajstić information content (AvgIpc) is 2.76. The maximum Gasteiger partial charge on any atom is 0.0184 e. The lowest BCUT2D eigenvalue weighted by Gasteiger charge is -2.57. The van der Waals surface area contributed by atoms with E-state index < -0.39 is 0 Å². The van der Waals surface area contributed by atoms with Gasteiger partial charge in [0, 0.05) is 4.47 Å². The molecule has 154 valence electrons.